The Hall–Kier alpha value is -3.80. The first-order valence-corrected chi connectivity index (χ1v) is 13.7. The molecule has 6 rings (SSSR count). The highest BCUT2D eigenvalue weighted by molar-refractivity contribution is 6.13. The summed E-state index contributed by atoms with van der Waals surface area (Å²) in [6.07, 6.45) is 7.74. The van der Waals surface area contributed by atoms with Crippen LogP contribution in [-0.4, -0.2) is 35.9 Å². The lowest BCUT2D eigenvalue weighted by Gasteiger charge is -2.38. The van der Waals surface area contributed by atoms with Crippen LogP contribution in [0.1, 0.15) is 50.5 Å². The number of nitrogens with two attached hydrogens (primary N) is 1. The summed E-state index contributed by atoms with van der Waals surface area (Å²) < 4.78 is 0. The fourth-order valence-corrected chi connectivity index (χ4v) is 6.10. The minimum absolute atomic E-state index is 0.0525. The van der Waals surface area contributed by atoms with Crippen molar-refractivity contribution in [2.24, 2.45) is 11.0 Å². The van der Waals surface area contributed by atoms with Gasteiger partial charge in [0.25, 0.3) is 0 Å². The zero-order valence-electron chi connectivity index (χ0n) is 21.3. The van der Waals surface area contributed by atoms with E-state index in [4.69, 9.17) is 10.8 Å². The first-order chi connectivity index (χ1) is 18.2. The molecular formula is C31H35N5O. The molecule has 0 unspecified atom stereocenters. The maximum absolute atomic E-state index is 14.4. The molecule has 6 heteroatoms. The molecule has 0 aromatic heterocycles. The molecule has 2 amide bonds. The lowest BCUT2D eigenvalue weighted by molar-refractivity contribution is 0.174. The first kappa shape index (κ1) is 23.6. The largest absolute Gasteiger partial charge is 0.399 e. The van der Waals surface area contributed by atoms with E-state index in [1.54, 1.807) is 0 Å². The van der Waals surface area contributed by atoms with Gasteiger partial charge in [-0.15, -0.1) is 0 Å². The molecule has 0 bridgehead atoms. The van der Waals surface area contributed by atoms with Crippen molar-refractivity contribution in [1.82, 2.24) is 5.01 Å². The van der Waals surface area contributed by atoms with E-state index in [9.17, 15) is 4.79 Å². The van der Waals surface area contributed by atoms with Crippen LogP contribution in [-0.2, 0) is 0 Å². The number of para-hydroxylation sites is 2. The van der Waals surface area contributed by atoms with Crippen LogP contribution in [0.4, 0.5) is 27.5 Å². The smallest absolute Gasteiger partial charge is 0.349 e. The standard InChI is InChI=1S/C31H35N5O/c32-24-15-17-26(18-16-24)35-29-14-8-7-13-28(29)30(23-9-3-1-4-10-23)33-36(31(35)37)27-19-21-34(22-20-27)25-11-5-2-6-12-25/h2,5-8,11-18,23,27H,1,3-4,9-10,19-22,32H2. The topological polar surface area (TPSA) is 65.2 Å². The summed E-state index contributed by atoms with van der Waals surface area (Å²) in [7, 11) is 0. The molecular weight excluding hydrogens is 458 g/mol. The summed E-state index contributed by atoms with van der Waals surface area (Å²) in [6.45, 7) is 1.81. The van der Waals surface area contributed by atoms with Crippen LogP contribution in [0.2, 0.25) is 0 Å². The van der Waals surface area contributed by atoms with E-state index in [1.807, 2.05) is 40.2 Å². The van der Waals surface area contributed by atoms with Crippen molar-refractivity contribution in [3.05, 3.63) is 84.4 Å². The number of hydrogen-bond acceptors (Lipinski definition) is 4. The highest BCUT2D eigenvalue weighted by Gasteiger charge is 2.38. The number of rotatable bonds is 4. The zero-order chi connectivity index (χ0) is 25.2. The predicted octanol–water partition coefficient (Wildman–Crippen LogP) is 6.80. The number of hydrazone groups is 1. The van der Waals surface area contributed by atoms with Crippen molar-refractivity contribution in [1.29, 1.82) is 0 Å². The van der Waals surface area contributed by atoms with Gasteiger partial charge < -0.3 is 10.6 Å². The average Bonchev–Trinajstić information content (AvgIpc) is 3.09. The molecule has 0 spiro atoms. The number of carbonyl (C=O) groups is 1. The highest BCUT2D eigenvalue weighted by Crippen LogP contribution is 2.39. The van der Waals surface area contributed by atoms with Gasteiger partial charge in [-0.1, -0.05) is 55.7 Å². The van der Waals surface area contributed by atoms with E-state index in [0.29, 0.717) is 11.6 Å². The molecule has 0 radical (unpaired) electrons. The second kappa shape index (κ2) is 10.3. The number of nitrogens with zero attached hydrogens (tertiary/aromatic N) is 4. The van der Waals surface area contributed by atoms with Crippen LogP contribution in [0.15, 0.2) is 84.0 Å². The number of amides is 2. The van der Waals surface area contributed by atoms with E-state index < -0.39 is 0 Å². The number of carbonyl (C=O) groups excluding carboxylic acids is 1. The van der Waals surface area contributed by atoms with E-state index in [0.717, 1.165) is 61.4 Å². The zero-order valence-corrected chi connectivity index (χ0v) is 21.3. The number of nitrogen functional groups attached to an aromatic ring is 1. The minimum Gasteiger partial charge on any atom is -0.399 e. The van der Waals surface area contributed by atoms with Gasteiger partial charge >= 0.3 is 6.03 Å². The van der Waals surface area contributed by atoms with Crippen LogP contribution >= 0.6 is 0 Å². The number of piperidine rings is 1. The Bertz CT molecular complexity index is 1260. The predicted molar refractivity (Wildman–Crippen MR) is 151 cm³/mol. The third-order valence-electron chi connectivity index (χ3n) is 8.10. The van der Waals surface area contributed by atoms with Crippen LogP contribution in [0.3, 0.4) is 0 Å². The third kappa shape index (κ3) is 4.68. The number of fused-ring (bicyclic) bond motifs is 1. The van der Waals surface area contributed by atoms with Gasteiger partial charge in [0.2, 0.25) is 0 Å². The summed E-state index contributed by atoms with van der Waals surface area (Å²) in [6, 6.07) is 26.4. The lowest BCUT2D eigenvalue weighted by Crippen LogP contribution is -2.48. The monoisotopic (exact) mass is 493 g/mol. The van der Waals surface area contributed by atoms with Crippen molar-refractivity contribution in [3.63, 3.8) is 0 Å². The maximum atomic E-state index is 14.4. The van der Waals surface area contributed by atoms with Gasteiger partial charge in [0, 0.05) is 35.9 Å². The molecule has 2 aliphatic heterocycles. The summed E-state index contributed by atoms with van der Waals surface area (Å²) in [5.74, 6) is 0.376. The van der Waals surface area contributed by atoms with Gasteiger partial charge in [-0.2, -0.15) is 5.10 Å². The van der Waals surface area contributed by atoms with Gasteiger partial charge in [0.1, 0.15) is 0 Å². The van der Waals surface area contributed by atoms with Gasteiger partial charge in [0.15, 0.2) is 0 Å². The van der Waals surface area contributed by atoms with Gasteiger partial charge in [-0.3, -0.25) is 4.90 Å². The number of urea groups is 1. The molecule has 0 atom stereocenters. The molecule has 1 saturated carbocycles. The quantitative estimate of drug-likeness (QED) is 0.407. The van der Waals surface area contributed by atoms with Crippen LogP contribution in [0.25, 0.3) is 0 Å². The SMILES string of the molecule is Nc1ccc(N2C(=O)N(C3CCN(c4ccccc4)CC3)N=C(C3CCCCC3)c3ccccc32)cc1. The Kier molecular flexibility index (Phi) is 6.56. The molecule has 3 aromatic rings. The molecule has 2 fully saturated rings. The average molecular weight is 494 g/mol. The molecule has 3 aliphatic rings. The Morgan fingerprint density at radius 2 is 1.41 bits per heavy atom. The molecule has 6 nitrogen and oxygen atoms in total. The molecule has 37 heavy (non-hydrogen) atoms. The Morgan fingerprint density at radius 3 is 2.14 bits per heavy atom. The Balaban J connectivity index is 1.39. The van der Waals surface area contributed by atoms with Crippen molar-refractivity contribution in [2.75, 3.05) is 28.6 Å². The highest BCUT2D eigenvalue weighted by atomic mass is 16.2. The van der Waals surface area contributed by atoms with Crippen molar-refractivity contribution in [3.8, 4) is 0 Å². The fourth-order valence-electron chi connectivity index (χ4n) is 6.10. The van der Waals surface area contributed by atoms with E-state index in [2.05, 4.69) is 53.4 Å². The van der Waals surface area contributed by atoms with E-state index in [-0.39, 0.29) is 12.1 Å². The molecule has 2 heterocycles. The molecule has 3 aromatic carbocycles. The normalized spacial score (nSPS) is 19.4. The summed E-state index contributed by atoms with van der Waals surface area (Å²) in [4.78, 5) is 18.6. The van der Waals surface area contributed by atoms with Crippen LogP contribution in [0.5, 0.6) is 0 Å². The first-order valence-electron chi connectivity index (χ1n) is 13.7. The fraction of sp³-hybridized carbons (Fsp3) is 0.355. The molecule has 1 aliphatic carbocycles. The molecule has 1 saturated heterocycles. The minimum atomic E-state index is -0.0822. The molecule has 190 valence electrons. The number of hydrogen-bond donors (Lipinski definition) is 1. The maximum Gasteiger partial charge on any atom is 0.349 e. The lowest BCUT2D eigenvalue weighted by atomic mass is 9.83. The summed E-state index contributed by atoms with van der Waals surface area (Å²) in [5.41, 5.74) is 11.8. The van der Waals surface area contributed by atoms with E-state index in [1.165, 1.54) is 24.9 Å². The van der Waals surface area contributed by atoms with E-state index >= 15 is 0 Å². The van der Waals surface area contributed by atoms with Crippen molar-refractivity contribution < 1.29 is 4.79 Å². The second-order valence-electron chi connectivity index (χ2n) is 10.4. The number of benzene rings is 3. The third-order valence-corrected chi connectivity index (χ3v) is 8.10. The Morgan fingerprint density at radius 1 is 0.730 bits per heavy atom. The summed E-state index contributed by atoms with van der Waals surface area (Å²) in [5, 5.41) is 7.07. The van der Waals surface area contributed by atoms with Crippen LogP contribution < -0.4 is 15.5 Å². The van der Waals surface area contributed by atoms with Gasteiger partial charge in [-0.25, -0.2) is 9.80 Å². The summed E-state index contributed by atoms with van der Waals surface area (Å²) >= 11 is 0. The van der Waals surface area contributed by atoms with Crippen LogP contribution in [0, 0.1) is 5.92 Å². The second-order valence-corrected chi connectivity index (χ2v) is 10.4. The number of anilines is 4. The van der Waals surface area contributed by atoms with Crippen molar-refractivity contribution >= 4 is 34.5 Å². The van der Waals surface area contributed by atoms with Gasteiger partial charge in [0.05, 0.1) is 23.1 Å². The Labute approximate surface area is 219 Å². The van der Waals surface area contributed by atoms with Gasteiger partial charge in [-0.05, 0) is 68.1 Å². The molecule has 2 N–H and O–H groups in total. The van der Waals surface area contributed by atoms with Crippen molar-refractivity contribution in [2.45, 2.75) is 51.0 Å².